The van der Waals surface area contributed by atoms with Crippen LogP contribution in [0.5, 0.6) is 0 Å². The van der Waals surface area contributed by atoms with Crippen LogP contribution >= 0.6 is 0 Å². The molecule has 0 amide bonds. The normalized spacial score (nSPS) is 18.4. The van der Waals surface area contributed by atoms with Gasteiger partial charge in [0.05, 0.1) is 12.7 Å². The van der Waals surface area contributed by atoms with E-state index in [4.69, 9.17) is 4.74 Å². The number of aromatic nitrogens is 2. The summed E-state index contributed by atoms with van der Waals surface area (Å²) in [6.45, 7) is 7.11. The molecule has 1 aliphatic rings. The van der Waals surface area contributed by atoms with Crippen LogP contribution in [0.15, 0.2) is 6.07 Å². The first-order chi connectivity index (χ1) is 10.6. The third kappa shape index (κ3) is 5.19. The fourth-order valence-corrected chi connectivity index (χ4v) is 2.90. The molecule has 0 aromatic carbocycles. The van der Waals surface area contributed by atoms with Gasteiger partial charge in [0, 0.05) is 44.5 Å². The average molecular weight is 308 g/mol. The third-order valence-corrected chi connectivity index (χ3v) is 4.02. The Labute approximate surface area is 132 Å². The number of hydrogen-bond acceptors (Lipinski definition) is 6. The zero-order valence-corrected chi connectivity index (χ0v) is 13.9. The first-order valence-corrected chi connectivity index (χ1v) is 8.11. The lowest BCUT2D eigenvalue weighted by molar-refractivity contribution is 0.0327. The predicted molar refractivity (Wildman–Crippen MR) is 87.1 cm³/mol. The van der Waals surface area contributed by atoms with E-state index in [-0.39, 0.29) is 0 Å². The lowest BCUT2D eigenvalue weighted by Crippen LogP contribution is -2.43. The highest BCUT2D eigenvalue weighted by atomic mass is 16.5. The number of nitrogens with one attached hydrogen (secondary N) is 1. The van der Waals surface area contributed by atoms with Crippen molar-refractivity contribution in [2.24, 2.45) is 0 Å². The molecule has 0 radical (unpaired) electrons. The van der Waals surface area contributed by atoms with E-state index < -0.39 is 6.10 Å². The third-order valence-electron chi connectivity index (χ3n) is 4.02. The van der Waals surface area contributed by atoms with Crippen LogP contribution in [-0.2, 0) is 11.2 Å². The highest BCUT2D eigenvalue weighted by molar-refractivity contribution is 5.37. The Kier molecular flexibility index (Phi) is 6.54. The maximum absolute atomic E-state index is 9.79. The number of nitrogens with zero attached hydrogens (tertiary/aromatic N) is 3. The molecular weight excluding hydrogens is 280 g/mol. The molecule has 0 aliphatic carbocycles. The Morgan fingerprint density at radius 3 is 2.77 bits per heavy atom. The standard InChI is InChI=1S/C16H28N4O2/c1-4-13-9-16(18-12(2)17-13)19-14-5-7-20(8-6-14)10-15(21)11-22-3/h9,14-15,21H,4-8,10-11H2,1-3H3,(H,17,18,19). The zero-order chi connectivity index (χ0) is 15.9. The highest BCUT2D eigenvalue weighted by Crippen LogP contribution is 2.16. The minimum absolute atomic E-state index is 0.397. The van der Waals surface area contributed by atoms with Gasteiger partial charge in [0.1, 0.15) is 11.6 Å². The molecular formula is C16H28N4O2. The summed E-state index contributed by atoms with van der Waals surface area (Å²) in [5.41, 5.74) is 1.08. The van der Waals surface area contributed by atoms with E-state index in [9.17, 15) is 5.11 Å². The van der Waals surface area contributed by atoms with Crippen molar-refractivity contribution >= 4 is 5.82 Å². The lowest BCUT2D eigenvalue weighted by atomic mass is 10.0. The number of aliphatic hydroxyl groups excluding tert-OH is 1. The molecule has 1 aromatic rings. The average Bonchev–Trinajstić information content (AvgIpc) is 2.49. The summed E-state index contributed by atoms with van der Waals surface area (Å²) >= 11 is 0. The molecule has 1 fully saturated rings. The minimum Gasteiger partial charge on any atom is -0.389 e. The number of anilines is 1. The molecule has 124 valence electrons. The fraction of sp³-hybridized carbons (Fsp3) is 0.750. The second-order valence-electron chi connectivity index (χ2n) is 5.97. The molecule has 22 heavy (non-hydrogen) atoms. The van der Waals surface area contributed by atoms with Crippen LogP contribution in [0.4, 0.5) is 5.82 Å². The summed E-state index contributed by atoms with van der Waals surface area (Å²) in [7, 11) is 1.62. The summed E-state index contributed by atoms with van der Waals surface area (Å²) in [4.78, 5) is 11.2. The van der Waals surface area contributed by atoms with Crippen molar-refractivity contribution in [1.82, 2.24) is 14.9 Å². The Hall–Kier alpha value is -1.24. The first-order valence-electron chi connectivity index (χ1n) is 8.11. The quantitative estimate of drug-likeness (QED) is 0.789. The van der Waals surface area contributed by atoms with Gasteiger partial charge in [0.2, 0.25) is 0 Å². The van der Waals surface area contributed by atoms with Gasteiger partial charge in [0.25, 0.3) is 0 Å². The van der Waals surface area contributed by atoms with Crippen LogP contribution in [0.25, 0.3) is 0 Å². The monoisotopic (exact) mass is 308 g/mol. The molecule has 2 N–H and O–H groups in total. The van der Waals surface area contributed by atoms with Gasteiger partial charge in [-0.3, -0.25) is 0 Å². The van der Waals surface area contributed by atoms with Crippen molar-refractivity contribution in [3.63, 3.8) is 0 Å². The lowest BCUT2D eigenvalue weighted by Gasteiger charge is -2.33. The molecule has 0 spiro atoms. The van der Waals surface area contributed by atoms with E-state index in [1.807, 2.05) is 13.0 Å². The molecule has 1 aromatic heterocycles. The van der Waals surface area contributed by atoms with Gasteiger partial charge in [-0.05, 0) is 26.2 Å². The summed E-state index contributed by atoms with van der Waals surface area (Å²) < 4.78 is 4.98. The van der Waals surface area contributed by atoms with Crippen LogP contribution in [0.1, 0.15) is 31.3 Å². The Morgan fingerprint density at radius 1 is 1.41 bits per heavy atom. The van der Waals surface area contributed by atoms with Crippen LogP contribution in [0, 0.1) is 6.92 Å². The van der Waals surface area contributed by atoms with Crippen molar-refractivity contribution in [3.05, 3.63) is 17.6 Å². The van der Waals surface area contributed by atoms with Crippen molar-refractivity contribution in [2.75, 3.05) is 38.7 Å². The number of hydrogen-bond donors (Lipinski definition) is 2. The minimum atomic E-state index is -0.397. The molecule has 6 nitrogen and oxygen atoms in total. The van der Waals surface area contributed by atoms with E-state index in [0.29, 0.717) is 19.2 Å². The van der Waals surface area contributed by atoms with E-state index in [2.05, 4.69) is 27.1 Å². The van der Waals surface area contributed by atoms with Crippen LogP contribution < -0.4 is 5.32 Å². The van der Waals surface area contributed by atoms with E-state index in [1.54, 1.807) is 7.11 Å². The molecule has 0 bridgehead atoms. The smallest absolute Gasteiger partial charge is 0.130 e. The number of ether oxygens (including phenoxy) is 1. The van der Waals surface area contributed by atoms with Gasteiger partial charge in [0.15, 0.2) is 0 Å². The number of aryl methyl sites for hydroxylation is 2. The predicted octanol–water partition coefficient (Wildman–Crippen LogP) is 1.23. The summed E-state index contributed by atoms with van der Waals surface area (Å²) in [5, 5.41) is 13.3. The van der Waals surface area contributed by atoms with E-state index in [0.717, 1.165) is 49.7 Å². The van der Waals surface area contributed by atoms with Crippen LogP contribution in [0.3, 0.4) is 0 Å². The molecule has 2 rings (SSSR count). The highest BCUT2D eigenvalue weighted by Gasteiger charge is 2.21. The molecule has 1 atom stereocenters. The van der Waals surface area contributed by atoms with Crippen molar-refractivity contribution in [1.29, 1.82) is 0 Å². The largest absolute Gasteiger partial charge is 0.389 e. The second kappa shape index (κ2) is 8.41. The number of β-amino-alcohol motifs (C(OH)–C–C–N with tert-alkyl or cyclic N) is 1. The van der Waals surface area contributed by atoms with Gasteiger partial charge in [-0.2, -0.15) is 0 Å². The van der Waals surface area contributed by atoms with Gasteiger partial charge >= 0.3 is 0 Å². The first kappa shape index (κ1) is 17.1. The van der Waals surface area contributed by atoms with Crippen LogP contribution in [-0.4, -0.2) is 65.5 Å². The maximum Gasteiger partial charge on any atom is 0.130 e. The number of methoxy groups -OCH3 is 1. The molecule has 6 heteroatoms. The summed E-state index contributed by atoms with van der Waals surface area (Å²) in [5.74, 6) is 1.75. The maximum atomic E-state index is 9.79. The van der Waals surface area contributed by atoms with Crippen LogP contribution in [0.2, 0.25) is 0 Å². The van der Waals surface area contributed by atoms with Gasteiger partial charge in [-0.1, -0.05) is 6.92 Å². The Bertz CT molecular complexity index is 461. The molecule has 1 saturated heterocycles. The fourth-order valence-electron chi connectivity index (χ4n) is 2.90. The van der Waals surface area contributed by atoms with Crippen molar-refractivity contribution in [2.45, 2.75) is 45.3 Å². The van der Waals surface area contributed by atoms with Gasteiger partial charge in [-0.15, -0.1) is 0 Å². The van der Waals surface area contributed by atoms with Crippen molar-refractivity contribution in [3.8, 4) is 0 Å². The molecule has 2 heterocycles. The molecule has 1 unspecified atom stereocenters. The molecule has 0 saturated carbocycles. The Balaban J connectivity index is 1.81. The number of likely N-dealkylation sites (tertiary alicyclic amines) is 1. The number of rotatable bonds is 7. The van der Waals surface area contributed by atoms with Crippen molar-refractivity contribution < 1.29 is 9.84 Å². The zero-order valence-electron chi connectivity index (χ0n) is 13.9. The van der Waals surface area contributed by atoms with E-state index in [1.165, 1.54) is 0 Å². The number of aliphatic hydroxyl groups is 1. The summed E-state index contributed by atoms with van der Waals surface area (Å²) in [6, 6.07) is 2.48. The number of piperidine rings is 1. The molecule has 1 aliphatic heterocycles. The van der Waals surface area contributed by atoms with E-state index >= 15 is 0 Å². The second-order valence-corrected chi connectivity index (χ2v) is 5.97. The van der Waals surface area contributed by atoms with Gasteiger partial charge in [-0.25, -0.2) is 9.97 Å². The van der Waals surface area contributed by atoms with Gasteiger partial charge < -0.3 is 20.1 Å². The summed E-state index contributed by atoms with van der Waals surface area (Å²) in [6.07, 6.45) is 2.65. The topological polar surface area (TPSA) is 70.5 Å². The Morgan fingerprint density at radius 2 is 2.14 bits per heavy atom. The SMILES string of the molecule is CCc1cc(NC2CCN(CC(O)COC)CC2)nc(C)n1.